The molecule has 2 aromatic carbocycles. The Hall–Kier alpha value is -3.43. The summed E-state index contributed by atoms with van der Waals surface area (Å²) in [6, 6.07) is 18.0. The molecular weight excluding hydrogens is 338 g/mol. The molecule has 0 aliphatic carbocycles. The van der Waals surface area contributed by atoms with Crippen LogP contribution in [0.1, 0.15) is 5.56 Å². The summed E-state index contributed by atoms with van der Waals surface area (Å²) >= 11 is 5.91. The molecule has 0 saturated carbocycles. The fourth-order valence-corrected chi connectivity index (χ4v) is 2.77. The second-order valence-electron chi connectivity index (χ2n) is 5.33. The van der Waals surface area contributed by atoms with Gasteiger partial charge in [0.25, 0.3) is 5.56 Å². The van der Waals surface area contributed by atoms with Crippen LogP contribution in [0, 0.1) is 11.3 Å². The predicted octanol–water partition coefficient (Wildman–Crippen LogP) is 3.28. The first-order valence-corrected chi connectivity index (χ1v) is 7.79. The molecule has 4 aromatic rings. The molecule has 0 radical (unpaired) electrons. The Morgan fingerprint density at radius 3 is 2.44 bits per heavy atom. The molecule has 2 aromatic heterocycles. The van der Waals surface area contributed by atoms with E-state index in [4.69, 9.17) is 11.6 Å². The highest BCUT2D eigenvalue weighted by molar-refractivity contribution is 6.30. The van der Waals surface area contributed by atoms with Crippen LogP contribution >= 0.6 is 11.6 Å². The predicted molar refractivity (Wildman–Crippen MR) is 94.2 cm³/mol. The van der Waals surface area contributed by atoms with Crippen molar-refractivity contribution in [3.05, 3.63) is 75.5 Å². The molecule has 0 fully saturated rings. The van der Waals surface area contributed by atoms with Crippen LogP contribution in [0.5, 0.6) is 0 Å². The molecular formula is C18H10ClN5O. The van der Waals surface area contributed by atoms with Crippen molar-refractivity contribution in [2.24, 2.45) is 0 Å². The first-order valence-electron chi connectivity index (χ1n) is 7.41. The van der Waals surface area contributed by atoms with Gasteiger partial charge in [0.1, 0.15) is 11.6 Å². The SMILES string of the molecule is N#Cc1c(-c2ccccc2)nc2[nH]nc(-c3ccc(Cl)cc3)n2c1=O. The van der Waals surface area contributed by atoms with E-state index in [2.05, 4.69) is 15.2 Å². The molecule has 0 spiro atoms. The van der Waals surface area contributed by atoms with Crippen molar-refractivity contribution >= 4 is 17.4 Å². The van der Waals surface area contributed by atoms with E-state index in [1.165, 1.54) is 4.40 Å². The number of hydrogen-bond acceptors (Lipinski definition) is 4. The number of H-pyrrole nitrogens is 1. The summed E-state index contributed by atoms with van der Waals surface area (Å²) in [5.74, 6) is 0.646. The average molecular weight is 348 g/mol. The van der Waals surface area contributed by atoms with Crippen LogP contribution in [-0.4, -0.2) is 19.6 Å². The molecule has 6 nitrogen and oxygen atoms in total. The van der Waals surface area contributed by atoms with Crippen LogP contribution in [0.15, 0.2) is 59.4 Å². The summed E-state index contributed by atoms with van der Waals surface area (Å²) in [7, 11) is 0. The van der Waals surface area contributed by atoms with Crippen LogP contribution in [0.25, 0.3) is 28.4 Å². The summed E-state index contributed by atoms with van der Waals surface area (Å²) in [6.45, 7) is 0. The van der Waals surface area contributed by atoms with Crippen molar-refractivity contribution < 1.29 is 0 Å². The zero-order valence-corrected chi connectivity index (χ0v) is 13.5. The van der Waals surface area contributed by atoms with Crippen molar-refractivity contribution in [2.45, 2.75) is 0 Å². The molecule has 0 aliphatic heterocycles. The Bertz CT molecular complexity index is 1170. The zero-order valence-electron chi connectivity index (χ0n) is 12.8. The smallest absolute Gasteiger partial charge is 0.267 e. The maximum absolute atomic E-state index is 12.9. The maximum atomic E-state index is 12.9. The van der Waals surface area contributed by atoms with E-state index >= 15 is 0 Å². The topological polar surface area (TPSA) is 86.8 Å². The standard InChI is InChI=1S/C18H10ClN5O/c19-13-8-6-12(7-9-13)16-22-23-18-21-15(11-4-2-1-3-5-11)14(10-20)17(25)24(16)18/h1-9H,(H,21,23). The van der Waals surface area contributed by atoms with Crippen LogP contribution in [0.2, 0.25) is 5.02 Å². The third-order valence-corrected chi connectivity index (χ3v) is 4.07. The summed E-state index contributed by atoms with van der Waals surface area (Å²) in [5.41, 5.74) is 1.22. The van der Waals surface area contributed by atoms with E-state index in [1.807, 2.05) is 24.3 Å². The van der Waals surface area contributed by atoms with Gasteiger partial charge < -0.3 is 0 Å². The maximum Gasteiger partial charge on any atom is 0.279 e. The van der Waals surface area contributed by atoms with E-state index < -0.39 is 5.56 Å². The molecule has 4 rings (SSSR count). The molecule has 0 unspecified atom stereocenters. The molecule has 0 saturated heterocycles. The largest absolute Gasteiger partial charge is 0.279 e. The van der Waals surface area contributed by atoms with Crippen LogP contribution in [0.3, 0.4) is 0 Å². The number of nitrogens with one attached hydrogen (secondary N) is 1. The third kappa shape index (κ3) is 2.47. The number of halogens is 1. The molecule has 120 valence electrons. The molecule has 2 heterocycles. The van der Waals surface area contributed by atoms with Gasteiger partial charge in [-0.25, -0.2) is 14.5 Å². The normalized spacial score (nSPS) is 10.7. The molecule has 0 atom stereocenters. The van der Waals surface area contributed by atoms with E-state index in [-0.39, 0.29) is 11.3 Å². The zero-order chi connectivity index (χ0) is 17.4. The number of aromatic nitrogens is 4. The van der Waals surface area contributed by atoms with Crippen LogP contribution < -0.4 is 5.56 Å². The number of hydrogen-bond donors (Lipinski definition) is 1. The first kappa shape index (κ1) is 15.1. The van der Waals surface area contributed by atoms with Crippen molar-refractivity contribution in [2.75, 3.05) is 0 Å². The summed E-state index contributed by atoms with van der Waals surface area (Å²) < 4.78 is 1.30. The van der Waals surface area contributed by atoms with Crippen LogP contribution in [-0.2, 0) is 0 Å². The van der Waals surface area contributed by atoms with Gasteiger partial charge in [0.15, 0.2) is 5.82 Å². The summed E-state index contributed by atoms with van der Waals surface area (Å²) in [5, 5.41) is 17.0. The fraction of sp³-hybridized carbons (Fsp3) is 0. The lowest BCUT2D eigenvalue weighted by Crippen LogP contribution is -2.19. The van der Waals surface area contributed by atoms with Gasteiger partial charge in [-0.3, -0.25) is 4.79 Å². The third-order valence-electron chi connectivity index (χ3n) is 3.82. The van der Waals surface area contributed by atoms with Gasteiger partial charge in [0.05, 0.1) is 5.69 Å². The Balaban J connectivity index is 2.02. The highest BCUT2D eigenvalue weighted by atomic mass is 35.5. The number of aromatic amines is 1. The van der Waals surface area contributed by atoms with Crippen LogP contribution in [0.4, 0.5) is 0 Å². The average Bonchev–Trinajstić information content (AvgIpc) is 3.07. The molecule has 1 N–H and O–H groups in total. The van der Waals surface area contributed by atoms with Gasteiger partial charge in [-0.05, 0) is 24.3 Å². The van der Waals surface area contributed by atoms with Gasteiger partial charge in [-0.2, -0.15) is 10.4 Å². The Labute approximate surface area is 147 Å². The quantitative estimate of drug-likeness (QED) is 0.602. The van der Waals surface area contributed by atoms with Crippen molar-refractivity contribution in [3.8, 4) is 28.7 Å². The number of fused-ring (bicyclic) bond motifs is 1. The summed E-state index contributed by atoms with van der Waals surface area (Å²) in [6.07, 6.45) is 0. The van der Waals surface area contributed by atoms with Gasteiger partial charge in [0, 0.05) is 16.1 Å². The van der Waals surface area contributed by atoms with E-state index in [0.29, 0.717) is 27.7 Å². The highest BCUT2D eigenvalue weighted by Gasteiger charge is 2.18. The van der Waals surface area contributed by atoms with E-state index in [0.717, 1.165) is 0 Å². The second kappa shape index (κ2) is 5.89. The van der Waals surface area contributed by atoms with E-state index in [9.17, 15) is 10.1 Å². The Kier molecular flexibility index (Phi) is 3.56. The van der Waals surface area contributed by atoms with Gasteiger partial charge >= 0.3 is 0 Å². The molecule has 0 bridgehead atoms. The fourth-order valence-electron chi connectivity index (χ4n) is 2.64. The van der Waals surface area contributed by atoms with Crippen molar-refractivity contribution in [3.63, 3.8) is 0 Å². The molecule has 0 amide bonds. The Morgan fingerprint density at radius 2 is 1.76 bits per heavy atom. The lowest BCUT2D eigenvalue weighted by atomic mass is 10.1. The lowest BCUT2D eigenvalue weighted by molar-refractivity contribution is 1.05. The number of benzene rings is 2. The highest BCUT2D eigenvalue weighted by Crippen LogP contribution is 2.22. The van der Waals surface area contributed by atoms with Gasteiger partial charge in [-0.1, -0.05) is 41.9 Å². The van der Waals surface area contributed by atoms with Gasteiger partial charge in [0.2, 0.25) is 5.78 Å². The summed E-state index contributed by atoms with van der Waals surface area (Å²) in [4.78, 5) is 17.3. The number of rotatable bonds is 2. The Morgan fingerprint density at radius 1 is 1.04 bits per heavy atom. The minimum atomic E-state index is -0.468. The molecule has 25 heavy (non-hydrogen) atoms. The van der Waals surface area contributed by atoms with Crippen molar-refractivity contribution in [1.82, 2.24) is 19.6 Å². The van der Waals surface area contributed by atoms with E-state index in [1.54, 1.807) is 36.4 Å². The van der Waals surface area contributed by atoms with Gasteiger partial charge in [-0.15, -0.1) is 0 Å². The number of nitriles is 1. The minimum Gasteiger partial charge on any atom is -0.267 e. The molecule has 7 heteroatoms. The van der Waals surface area contributed by atoms with Crippen molar-refractivity contribution in [1.29, 1.82) is 5.26 Å². The molecule has 0 aliphatic rings. The second-order valence-corrected chi connectivity index (χ2v) is 5.77. The lowest BCUT2D eigenvalue weighted by Gasteiger charge is -2.05. The monoisotopic (exact) mass is 347 g/mol. The first-order chi connectivity index (χ1) is 12.2. The minimum absolute atomic E-state index is 0.0275. The number of nitrogens with zero attached hydrogens (tertiary/aromatic N) is 4.